The van der Waals surface area contributed by atoms with Crippen LogP contribution in [0.25, 0.3) is 0 Å². The van der Waals surface area contributed by atoms with Gasteiger partial charge in [0.25, 0.3) is 0 Å². The van der Waals surface area contributed by atoms with Crippen LogP contribution in [0.4, 0.5) is 54.8 Å². The van der Waals surface area contributed by atoms with E-state index in [1.54, 1.807) is 13.8 Å². The molecule has 2 aliphatic rings. The van der Waals surface area contributed by atoms with Crippen LogP contribution in [0, 0.1) is 12.8 Å². The largest absolute Gasteiger partial charge is 0.453 e. The topological polar surface area (TPSA) is 59.1 Å². The van der Waals surface area contributed by atoms with E-state index < -0.39 is 77.7 Å². The van der Waals surface area contributed by atoms with Crippen molar-refractivity contribution in [3.63, 3.8) is 0 Å². The fourth-order valence-electron chi connectivity index (χ4n) is 5.53. The standard InChI is InChI=1S/C29H29F9N2O4/c1-14(2)44-26(42)40-22(17-5-6-17)12-23(20-11-21(29(36,37)38)15(3)7-24(20)40)39(25(41)43-4)13-16-8-18(27(30,31)32)10-19(9-16)28(33,34)35/h7-11,14,17,22-23H,5-6,12-13H2,1-4H3/t22-,23-/m0/s1. The maximum Gasteiger partial charge on any atom is 0.416 e. The molecule has 0 aromatic heterocycles. The van der Waals surface area contributed by atoms with Crippen molar-refractivity contribution in [2.75, 3.05) is 12.0 Å². The van der Waals surface area contributed by atoms with Crippen LogP contribution in [0.2, 0.25) is 0 Å². The van der Waals surface area contributed by atoms with Crippen molar-refractivity contribution >= 4 is 17.9 Å². The smallest absolute Gasteiger partial charge is 0.416 e. The van der Waals surface area contributed by atoms with E-state index in [0.717, 1.165) is 24.1 Å². The first-order valence-corrected chi connectivity index (χ1v) is 13.6. The molecule has 15 heteroatoms. The van der Waals surface area contributed by atoms with Crippen molar-refractivity contribution in [2.45, 2.75) is 83.3 Å². The van der Waals surface area contributed by atoms with Crippen LogP contribution in [-0.4, -0.2) is 36.3 Å². The fourth-order valence-corrected chi connectivity index (χ4v) is 5.53. The number of nitrogens with zero attached hydrogens (tertiary/aromatic N) is 2. The zero-order valence-electron chi connectivity index (χ0n) is 24.0. The highest BCUT2D eigenvalue weighted by Gasteiger charge is 2.48. The number of methoxy groups -OCH3 is 1. The SMILES string of the molecule is COC(=O)N(Cc1cc(C(F)(F)F)cc(C(F)(F)F)c1)[C@H]1C[C@@H](C2CC2)N(C(=O)OC(C)C)c2cc(C)c(C(F)(F)F)cc21. The van der Waals surface area contributed by atoms with Crippen molar-refractivity contribution in [1.29, 1.82) is 0 Å². The minimum Gasteiger partial charge on any atom is -0.453 e. The van der Waals surface area contributed by atoms with Crippen LogP contribution in [0.3, 0.4) is 0 Å². The number of anilines is 1. The Morgan fingerprint density at radius 1 is 0.909 bits per heavy atom. The number of fused-ring (bicyclic) bond motifs is 1. The van der Waals surface area contributed by atoms with Crippen LogP contribution < -0.4 is 4.90 Å². The summed E-state index contributed by atoms with van der Waals surface area (Å²) in [7, 11) is 0.924. The van der Waals surface area contributed by atoms with Crippen molar-refractivity contribution in [3.05, 3.63) is 63.7 Å². The second-order valence-corrected chi connectivity index (χ2v) is 11.2. The van der Waals surface area contributed by atoms with Gasteiger partial charge in [-0.15, -0.1) is 0 Å². The second kappa shape index (κ2) is 11.7. The highest BCUT2D eigenvalue weighted by Crippen LogP contribution is 2.51. The summed E-state index contributed by atoms with van der Waals surface area (Å²) < 4.78 is 134. The van der Waals surface area contributed by atoms with Crippen molar-refractivity contribution in [1.82, 2.24) is 4.90 Å². The Morgan fingerprint density at radius 2 is 1.48 bits per heavy atom. The summed E-state index contributed by atoms with van der Waals surface area (Å²) in [5, 5.41) is 0. The van der Waals surface area contributed by atoms with Gasteiger partial charge in [0.15, 0.2) is 0 Å². The van der Waals surface area contributed by atoms with Gasteiger partial charge in [0, 0.05) is 12.6 Å². The van der Waals surface area contributed by atoms with E-state index in [1.165, 1.54) is 11.8 Å². The number of aryl methyl sites for hydroxylation is 1. The zero-order chi connectivity index (χ0) is 32.9. The minimum atomic E-state index is -5.17. The lowest BCUT2D eigenvalue weighted by molar-refractivity contribution is -0.143. The Kier molecular flexibility index (Phi) is 8.84. The number of carbonyl (C=O) groups excluding carboxylic acids is 2. The van der Waals surface area contributed by atoms with Crippen molar-refractivity contribution < 1.29 is 58.6 Å². The van der Waals surface area contributed by atoms with Crippen LogP contribution in [0.15, 0.2) is 30.3 Å². The number of rotatable bonds is 5. The lowest BCUT2D eigenvalue weighted by atomic mass is 9.85. The number of hydrogen-bond donors (Lipinski definition) is 0. The monoisotopic (exact) mass is 640 g/mol. The van der Waals surface area contributed by atoms with E-state index in [1.807, 2.05) is 0 Å². The fraction of sp³-hybridized carbons (Fsp3) is 0.517. The molecule has 1 aliphatic carbocycles. The molecular weight excluding hydrogens is 611 g/mol. The predicted molar refractivity (Wildman–Crippen MR) is 139 cm³/mol. The van der Waals surface area contributed by atoms with Gasteiger partial charge in [-0.2, -0.15) is 39.5 Å². The molecule has 1 heterocycles. The molecule has 2 amide bonds. The van der Waals surface area contributed by atoms with Crippen molar-refractivity contribution in [3.8, 4) is 0 Å². The molecule has 2 atom stereocenters. The summed E-state index contributed by atoms with van der Waals surface area (Å²) >= 11 is 0. The molecule has 6 nitrogen and oxygen atoms in total. The maximum absolute atomic E-state index is 14.0. The molecule has 2 aromatic carbocycles. The number of carbonyl (C=O) groups is 2. The van der Waals surface area contributed by atoms with Gasteiger partial charge in [-0.1, -0.05) is 0 Å². The Hall–Kier alpha value is -3.65. The molecule has 0 radical (unpaired) electrons. The third-order valence-corrected chi connectivity index (χ3v) is 7.58. The highest BCUT2D eigenvalue weighted by atomic mass is 19.4. The molecule has 0 spiro atoms. The summed E-state index contributed by atoms with van der Waals surface area (Å²) in [6, 6.07) is 0.666. The van der Waals surface area contributed by atoms with Crippen LogP contribution in [-0.2, 0) is 34.5 Å². The van der Waals surface area contributed by atoms with Gasteiger partial charge in [0.05, 0.1) is 41.6 Å². The number of ether oxygens (including phenoxy) is 2. The molecule has 242 valence electrons. The van der Waals surface area contributed by atoms with Gasteiger partial charge >= 0.3 is 30.7 Å². The first kappa shape index (κ1) is 33.2. The average Bonchev–Trinajstić information content (AvgIpc) is 3.73. The normalized spacial score (nSPS) is 19.1. The number of alkyl halides is 9. The summed E-state index contributed by atoms with van der Waals surface area (Å²) in [6.45, 7) is 3.48. The minimum absolute atomic E-state index is 0.0109. The summed E-state index contributed by atoms with van der Waals surface area (Å²) in [5.41, 5.74) is -5.35. The zero-order valence-corrected chi connectivity index (χ0v) is 24.0. The Morgan fingerprint density at radius 3 is 1.93 bits per heavy atom. The molecule has 0 saturated heterocycles. The van der Waals surface area contributed by atoms with Crippen LogP contribution in [0.5, 0.6) is 0 Å². The quantitative estimate of drug-likeness (QED) is 0.307. The average molecular weight is 641 g/mol. The van der Waals surface area contributed by atoms with E-state index >= 15 is 0 Å². The highest BCUT2D eigenvalue weighted by molar-refractivity contribution is 5.91. The second-order valence-electron chi connectivity index (χ2n) is 11.2. The number of benzene rings is 2. The molecular formula is C29H29F9N2O4. The van der Waals surface area contributed by atoms with Gasteiger partial charge in [-0.25, -0.2) is 9.59 Å². The number of halogens is 9. The van der Waals surface area contributed by atoms with E-state index in [2.05, 4.69) is 0 Å². The van der Waals surface area contributed by atoms with E-state index in [-0.39, 0.29) is 35.2 Å². The Bertz CT molecular complexity index is 1380. The van der Waals surface area contributed by atoms with Gasteiger partial charge in [-0.3, -0.25) is 9.80 Å². The van der Waals surface area contributed by atoms with Crippen LogP contribution >= 0.6 is 0 Å². The lowest BCUT2D eigenvalue weighted by Gasteiger charge is -2.44. The van der Waals surface area contributed by atoms with Gasteiger partial charge in [0.1, 0.15) is 0 Å². The molecule has 1 saturated carbocycles. The first-order chi connectivity index (χ1) is 20.2. The number of amides is 2. The molecule has 4 rings (SSSR count). The first-order valence-electron chi connectivity index (χ1n) is 13.6. The third-order valence-electron chi connectivity index (χ3n) is 7.58. The Labute approximate surface area is 246 Å². The lowest BCUT2D eigenvalue weighted by Crippen LogP contribution is -2.50. The molecule has 0 N–H and O–H groups in total. The van der Waals surface area contributed by atoms with Gasteiger partial charge < -0.3 is 9.47 Å². The molecule has 0 unspecified atom stereocenters. The molecule has 0 bridgehead atoms. The maximum atomic E-state index is 14.0. The molecule has 2 aromatic rings. The van der Waals surface area contributed by atoms with Crippen LogP contribution in [0.1, 0.15) is 72.5 Å². The van der Waals surface area contributed by atoms with Gasteiger partial charge in [0.2, 0.25) is 0 Å². The third kappa shape index (κ3) is 7.01. The molecule has 1 fully saturated rings. The van der Waals surface area contributed by atoms with E-state index in [0.29, 0.717) is 25.0 Å². The summed E-state index contributed by atoms with van der Waals surface area (Å²) in [5.74, 6) is -0.141. The van der Waals surface area contributed by atoms with Gasteiger partial charge in [-0.05, 0) is 93.0 Å². The number of hydrogen-bond acceptors (Lipinski definition) is 4. The Balaban J connectivity index is 1.92. The molecule has 1 aliphatic heterocycles. The summed E-state index contributed by atoms with van der Waals surface area (Å²) in [4.78, 5) is 28.4. The summed E-state index contributed by atoms with van der Waals surface area (Å²) in [6.07, 6.45) is -16.7. The molecule has 44 heavy (non-hydrogen) atoms. The van der Waals surface area contributed by atoms with E-state index in [4.69, 9.17) is 9.47 Å². The van der Waals surface area contributed by atoms with Crippen molar-refractivity contribution in [2.24, 2.45) is 5.92 Å². The predicted octanol–water partition coefficient (Wildman–Crippen LogP) is 8.89. The van der Waals surface area contributed by atoms with E-state index in [9.17, 15) is 49.1 Å².